The lowest BCUT2D eigenvalue weighted by molar-refractivity contribution is 0.539. The number of H-pyrrole nitrogens is 1. The van der Waals surface area contributed by atoms with Gasteiger partial charge in [-0.15, -0.1) is 0 Å². The first-order valence-electron chi connectivity index (χ1n) is 5.37. The summed E-state index contributed by atoms with van der Waals surface area (Å²) < 4.78 is 52.6. The third-order valence-corrected chi connectivity index (χ3v) is 3.99. The number of sulfonamides is 1. The molecule has 0 radical (unpaired) electrons. The molecule has 1 aromatic heterocycles. The van der Waals surface area contributed by atoms with Crippen LogP contribution < -0.4 is 4.72 Å². The Kier molecular flexibility index (Phi) is 3.63. The maximum atomic E-state index is 13.5. The van der Waals surface area contributed by atoms with Gasteiger partial charge in [0.15, 0.2) is 5.03 Å². The van der Waals surface area contributed by atoms with Crippen LogP contribution in [0.25, 0.3) is 0 Å². The Balaban J connectivity index is 2.26. The number of halogens is 2. The molecule has 0 aliphatic carbocycles. The molecule has 0 fully saturated rings. The number of benzene rings is 1. The number of aromatic amines is 1. The number of nitrogens with zero attached hydrogens (tertiary/aromatic N) is 1. The maximum absolute atomic E-state index is 13.5. The van der Waals surface area contributed by atoms with E-state index in [2.05, 4.69) is 14.9 Å². The predicted molar refractivity (Wildman–Crippen MR) is 63.7 cm³/mol. The summed E-state index contributed by atoms with van der Waals surface area (Å²) in [7, 11) is -3.85. The Morgan fingerprint density at radius 2 is 2.05 bits per heavy atom. The molecule has 19 heavy (non-hydrogen) atoms. The summed E-state index contributed by atoms with van der Waals surface area (Å²) >= 11 is 0. The third kappa shape index (κ3) is 2.96. The summed E-state index contributed by atoms with van der Waals surface area (Å²) in [6, 6.07) is 3.22. The Morgan fingerprint density at radius 3 is 2.68 bits per heavy atom. The zero-order valence-corrected chi connectivity index (χ0v) is 10.7. The van der Waals surface area contributed by atoms with Crippen LogP contribution in [-0.4, -0.2) is 18.6 Å². The van der Waals surface area contributed by atoms with Crippen molar-refractivity contribution in [1.29, 1.82) is 0 Å². The molecule has 2 rings (SSSR count). The second-order valence-corrected chi connectivity index (χ2v) is 5.61. The van der Waals surface area contributed by atoms with Gasteiger partial charge >= 0.3 is 0 Å². The maximum Gasteiger partial charge on any atom is 0.258 e. The Bertz CT molecular complexity index is 671. The van der Waals surface area contributed by atoms with E-state index in [1.807, 2.05) is 0 Å². The lowest BCUT2D eigenvalue weighted by atomic mass is 10.1. The van der Waals surface area contributed by atoms with Crippen LogP contribution >= 0.6 is 0 Å². The highest BCUT2D eigenvalue weighted by Crippen LogP contribution is 2.20. The van der Waals surface area contributed by atoms with Crippen LogP contribution in [0.1, 0.15) is 18.5 Å². The second-order valence-electron chi connectivity index (χ2n) is 3.93. The van der Waals surface area contributed by atoms with Gasteiger partial charge in [-0.25, -0.2) is 21.9 Å². The van der Waals surface area contributed by atoms with E-state index in [1.54, 1.807) is 0 Å². The van der Waals surface area contributed by atoms with Gasteiger partial charge in [-0.05, 0) is 31.2 Å². The van der Waals surface area contributed by atoms with Crippen molar-refractivity contribution in [3.05, 3.63) is 47.7 Å². The van der Waals surface area contributed by atoms with Crippen molar-refractivity contribution in [3.8, 4) is 0 Å². The number of nitrogens with one attached hydrogen (secondary N) is 2. The van der Waals surface area contributed by atoms with Crippen LogP contribution in [0, 0.1) is 11.6 Å². The molecule has 2 aromatic rings. The lowest BCUT2D eigenvalue weighted by Gasteiger charge is -2.14. The first-order chi connectivity index (χ1) is 8.90. The Hall–Kier alpha value is -1.80. The molecule has 0 saturated carbocycles. The van der Waals surface area contributed by atoms with Crippen LogP contribution in [0.4, 0.5) is 8.78 Å². The Morgan fingerprint density at radius 1 is 1.32 bits per heavy atom. The highest BCUT2D eigenvalue weighted by atomic mass is 32.2. The van der Waals surface area contributed by atoms with E-state index < -0.39 is 27.7 Å². The first kappa shape index (κ1) is 13.6. The summed E-state index contributed by atoms with van der Waals surface area (Å²) in [6.07, 6.45) is 1.28. The van der Waals surface area contributed by atoms with Crippen molar-refractivity contribution in [2.24, 2.45) is 0 Å². The normalized spacial score (nSPS) is 13.4. The van der Waals surface area contributed by atoms with Crippen LogP contribution in [0.5, 0.6) is 0 Å². The van der Waals surface area contributed by atoms with Gasteiger partial charge in [0.25, 0.3) is 10.0 Å². The van der Waals surface area contributed by atoms with Gasteiger partial charge in [-0.1, -0.05) is 0 Å². The molecule has 0 amide bonds. The van der Waals surface area contributed by atoms with Gasteiger partial charge in [0.1, 0.15) is 11.6 Å². The molecule has 5 nitrogen and oxygen atoms in total. The number of rotatable bonds is 4. The van der Waals surface area contributed by atoms with E-state index in [4.69, 9.17) is 0 Å². The van der Waals surface area contributed by atoms with Crippen LogP contribution in [0.2, 0.25) is 0 Å². The molecule has 1 unspecified atom stereocenters. The summed E-state index contributed by atoms with van der Waals surface area (Å²) in [5, 5.41) is 5.67. The summed E-state index contributed by atoms with van der Waals surface area (Å²) in [6.45, 7) is 1.42. The van der Waals surface area contributed by atoms with E-state index in [-0.39, 0.29) is 10.6 Å². The van der Waals surface area contributed by atoms with Crippen LogP contribution in [0.15, 0.2) is 35.5 Å². The average Bonchev–Trinajstić information content (AvgIpc) is 2.86. The lowest BCUT2D eigenvalue weighted by Crippen LogP contribution is -2.27. The van der Waals surface area contributed by atoms with Crippen molar-refractivity contribution in [1.82, 2.24) is 14.9 Å². The van der Waals surface area contributed by atoms with Crippen molar-refractivity contribution in [3.63, 3.8) is 0 Å². The molecule has 0 spiro atoms. The van der Waals surface area contributed by atoms with Crippen LogP contribution in [0.3, 0.4) is 0 Å². The van der Waals surface area contributed by atoms with Crippen molar-refractivity contribution in [2.45, 2.75) is 18.0 Å². The second kappa shape index (κ2) is 5.06. The van der Waals surface area contributed by atoms with Gasteiger partial charge in [0.05, 0.1) is 6.20 Å². The smallest absolute Gasteiger partial charge is 0.258 e. The molecule has 0 bridgehead atoms. The van der Waals surface area contributed by atoms with E-state index in [1.165, 1.54) is 19.2 Å². The van der Waals surface area contributed by atoms with Crippen LogP contribution in [-0.2, 0) is 10.0 Å². The highest BCUT2D eigenvalue weighted by molar-refractivity contribution is 7.89. The zero-order chi connectivity index (χ0) is 14.0. The summed E-state index contributed by atoms with van der Waals surface area (Å²) in [4.78, 5) is 0. The van der Waals surface area contributed by atoms with Crippen molar-refractivity contribution < 1.29 is 17.2 Å². The quantitative estimate of drug-likeness (QED) is 0.899. The molecule has 0 aliphatic heterocycles. The molecular weight excluding hydrogens is 276 g/mol. The number of hydrogen-bond donors (Lipinski definition) is 2. The van der Waals surface area contributed by atoms with E-state index in [0.717, 1.165) is 18.2 Å². The number of hydrogen-bond acceptors (Lipinski definition) is 3. The molecule has 0 aliphatic rings. The Labute approximate surface area is 108 Å². The third-order valence-electron chi connectivity index (χ3n) is 2.52. The molecule has 1 aromatic carbocycles. The molecule has 0 saturated heterocycles. The van der Waals surface area contributed by atoms with E-state index in [9.17, 15) is 17.2 Å². The largest absolute Gasteiger partial charge is 0.266 e. The number of aromatic nitrogens is 2. The molecule has 102 valence electrons. The van der Waals surface area contributed by atoms with E-state index in [0.29, 0.717) is 0 Å². The minimum atomic E-state index is -3.85. The summed E-state index contributed by atoms with van der Waals surface area (Å²) in [5.41, 5.74) is -0.0666. The fourth-order valence-corrected chi connectivity index (χ4v) is 2.73. The highest BCUT2D eigenvalue weighted by Gasteiger charge is 2.21. The van der Waals surface area contributed by atoms with Crippen molar-refractivity contribution >= 4 is 10.0 Å². The standard InChI is InChI=1S/C11H11F2N3O2S/c1-7(9-6-8(12)2-3-10(9)13)16-19(17,18)11-4-5-14-15-11/h2-7,16H,1H3,(H,14,15). The molecular formula is C11H11F2N3O2S. The van der Waals surface area contributed by atoms with Gasteiger partial charge in [-0.2, -0.15) is 5.10 Å². The van der Waals surface area contributed by atoms with Crippen molar-refractivity contribution in [2.75, 3.05) is 0 Å². The van der Waals surface area contributed by atoms with Gasteiger partial charge in [-0.3, -0.25) is 5.10 Å². The monoisotopic (exact) mass is 287 g/mol. The molecule has 8 heteroatoms. The minimum Gasteiger partial charge on any atom is -0.266 e. The average molecular weight is 287 g/mol. The SMILES string of the molecule is CC(NS(=O)(=O)c1ccn[nH]1)c1cc(F)ccc1F. The molecule has 1 atom stereocenters. The molecule has 2 N–H and O–H groups in total. The summed E-state index contributed by atoms with van der Waals surface area (Å²) in [5.74, 6) is -1.31. The fourth-order valence-electron chi connectivity index (χ4n) is 1.60. The van der Waals surface area contributed by atoms with Gasteiger partial charge in [0.2, 0.25) is 0 Å². The zero-order valence-electron chi connectivity index (χ0n) is 9.89. The molecule has 1 heterocycles. The van der Waals surface area contributed by atoms with Gasteiger partial charge < -0.3 is 0 Å². The predicted octanol–water partition coefficient (Wildman–Crippen LogP) is 1.73. The van der Waals surface area contributed by atoms with E-state index >= 15 is 0 Å². The first-order valence-corrected chi connectivity index (χ1v) is 6.85. The fraction of sp³-hybridized carbons (Fsp3) is 0.182. The topological polar surface area (TPSA) is 74.8 Å². The minimum absolute atomic E-state index is 0.0666. The van der Waals surface area contributed by atoms with Gasteiger partial charge in [0, 0.05) is 11.6 Å².